The van der Waals surface area contributed by atoms with Crippen LogP contribution in [0.4, 0.5) is 18.0 Å². The maximum Gasteiger partial charge on any atom is 0.435 e. The largest absolute Gasteiger partial charge is 0.435 e. The molecular weight excluding hydrogens is 327 g/mol. The second kappa shape index (κ2) is 7.20. The van der Waals surface area contributed by atoms with Gasteiger partial charge in [-0.05, 0) is 32.4 Å². The average molecular weight is 347 g/mol. The number of nitrogens with one attached hydrogen (secondary N) is 2. The van der Waals surface area contributed by atoms with Crippen molar-refractivity contribution in [2.45, 2.75) is 38.0 Å². The summed E-state index contributed by atoms with van der Waals surface area (Å²) in [6.45, 7) is 2.68. The Morgan fingerprint density at radius 2 is 2.12 bits per heavy atom. The topological polar surface area (TPSA) is 79.3 Å². The Hall–Kier alpha value is -2.10. The zero-order valence-corrected chi connectivity index (χ0v) is 13.4. The predicted octanol–water partition coefficient (Wildman–Crippen LogP) is 1.38. The summed E-state index contributed by atoms with van der Waals surface area (Å²) in [5.41, 5.74) is -0.926. The highest BCUT2D eigenvalue weighted by atomic mass is 19.4. The molecular formula is C14H20F3N5O2. The quantitative estimate of drug-likeness (QED) is 0.866. The molecule has 1 saturated heterocycles. The van der Waals surface area contributed by atoms with Crippen LogP contribution in [0.1, 0.15) is 31.5 Å². The molecule has 1 aromatic heterocycles. The first-order chi connectivity index (χ1) is 11.2. The van der Waals surface area contributed by atoms with Crippen molar-refractivity contribution >= 4 is 11.9 Å². The molecule has 0 saturated carbocycles. The number of alkyl halides is 3. The molecule has 1 aliphatic heterocycles. The van der Waals surface area contributed by atoms with E-state index in [0.717, 1.165) is 12.5 Å². The molecule has 2 N–H and O–H groups in total. The summed E-state index contributed by atoms with van der Waals surface area (Å²) in [5.74, 6) is -0.452. The van der Waals surface area contributed by atoms with Crippen LogP contribution in [0.2, 0.25) is 0 Å². The molecule has 24 heavy (non-hydrogen) atoms. The highest BCUT2D eigenvalue weighted by molar-refractivity contribution is 5.96. The van der Waals surface area contributed by atoms with Gasteiger partial charge in [-0.25, -0.2) is 4.79 Å². The Bertz CT molecular complexity index is 601. The van der Waals surface area contributed by atoms with Gasteiger partial charge in [-0.2, -0.15) is 18.3 Å². The van der Waals surface area contributed by atoms with Gasteiger partial charge in [0.1, 0.15) is 0 Å². The minimum absolute atomic E-state index is 0.245. The second-order valence-electron chi connectivity index (χ2n) is 5.71. The molecule has 0 bridgehead atoms. The van der Waals surface area contributed by atoms with Crippen molar-refractivity contribution in [3.8, 4) is 0 Å². The molecule has 2 heterocycles. The minimum atomic E-state index is -4.47. The van der Waals surface area contributed by atoms with E-state index in [1.54, 1.807) is 6.92 Å². The molecule has 1 aliphatic rings. The van der Waals surface area contributed by atoms with Crippen LogP contribution in [0.3, 0.4) is 0 Å². The van der Waals surface area contributed by atoms with Crippen molar-refractivity contribution in [1.82, 2.24) is 25.3 Å². The lowest BCUT2D eigenvalue weighted by Crippen LogP contribution is -2.51. The van der Waals surface area contributed by atoms with E-state index < -0.39 is 29.9 Å². The fourth-order valence-corrected chi connectivity index (χ4v) is 2.69. The molecule has 2 atom stereocenters. The first kappa shape index (κ1) is 18.2. The fourth-order valence-electron chi connectivity index (χ4n) is 2.69. The number of carbonyl (C=O) groups is 2. The number of carbonyl (C=O) groups excluding carboxylic acids is 2. The van der Waals surface area contributed by atoms with E-state index in [9.17, 15) is 22.8 Å². The Kier molecular flexibility index (Phi) is 5.47. The molecule has 0 spiro atoms. The van der Waals surface area contributed by atoms with Crippen molar-refractivity contribution in [2.75, 3.05) is 20.1 Å². The lowest BCUT2D eigenvalue weighted by Gasteiger charge is -2.36. The summed E-state index contributed by atoms with van der Waals surface area (Å²) >= 11 is 0. The highest BCUT2D eigenvalue weighted by Crippen LogP contribution is 2.29. The van der Waals surface area contributed by atoms with Gasteiger partial charge in [0.25, 0.3) is 0 Å². The van der Waals surface area contributed by atoms with Crippen molar-refractivity contribution in [3.05, 3.63) is 18.0 Å². The van der Waals surface area contributed by atoms with Gasteiger partial charge in [0, 0.05) is 19.8 Å². The number of rotatable bonds is 3. The van der Waals surface area contributed by atoms with Gasteiger partial charge in [-0.15, -0.1) is 0 Å². The third kappa shape index (κ3) is 4.25. The summed E-state index contributed by atoms with van der Waals surface area (Å²) in [4.78, 5) is 25.1. The standard InChI is InChI=1S/C14H20F3N5O2/c1-9(12(23)19-13(24)18-2)21-6-3-4-10(8-21)22-7-5-11(20-22)14(15,16)17/h5,7,9-10H,3-4,6,8H2,1-2H3,(H2,18,19,23,24)/t9-,10+/m1/s1. The van der Waals surface area contributed by atoms with Gasteiger partial charge in [-0.1, -0.05) is 0 Å². The van der Waals surface area contributed by atoms with Crippen molar-refractivity contribution in [2.24, 2.45) is 0 Å². The van der Waals surface area contributed by atoms with E-state index in [-0.39, 0.29) is 6.04 Å². The third-order valence-corrected chi connectivity index (χ3v) is 4.09. The number of imide groups is 1. The summed E-state index contributed by atoms with van der Waals surface area (Å²) in [6, 6.07) is -0.462. The van der Waals surface area contributed by atoms with Crippen LogP contribution in [-0.2, 0) is 11.0 Å². The first-order valence-corrected chi connectivity index (χ1v) is 7.61. The molecule has 1 aromatic rings. The normalized spacial score (nSPS) is 20.5. The van der Waals surface area contributed by atoms with Gasteiger partial charge in [0.05, 0.1) is 12.1 Å². The zero-order chi connectivity index (χ0) is 17.9. The Morgan fingerprint density at radius 1 is 1.42 bits per heavy atom. The monoisotopic (exact) mass is 347 g/mol. The van der Waals surface area contributed by atoms with E-state index in [1.165, 1.54) is 17.9 Å². The van der Waals surface area contributed by atoms with Crippen LogP contribution in [0.15, 0.2) is 12.3 Å². The van der Waals surface area contributed by atoms with E-state index >= 15 is 0 Å². The number of likely N-dealkylation sites (tertiary alicyclic amines) is 1. The van der Waals surface area contributed by atoms with E-state index in [0.29, 0.717) is 19.5 Å². The molecule has 1 fully saturated rings. The van der Waals surface area contributed by atoms with Gasteiger partial charge in [0.15, 0.2) is 5.69 Å². The molecule has 0 unspecified atom stereocenters. The SMILES string of the molecule is CNC(=O)NC(=O)[C@@H](C)N1CCC[C@H](n2ccc(C(F)(F)F)n2)C1. The highest BCUT2D eigenvalue weighted by Gasteiger charge is 2.35. The molecule has 10 heteroatoms. The van der Waals surface area contributed by atoms with E-state index in [1.807, 2.05) is 4.90 Å². The van der Waals surface area contributed by atoms with Crippen LogP contribution in [0.25, 0.3) is 0 Å². The van der Waals surface area contributed by atoms with E-state index in [4.69, 9.17) is 0 Å². The number of hydrogen-bond donors (Lipinski definition) is 2. The number of nitrogens with zero attached hydrogens (tertiary/aromatic N) is 3. The number of hydrogen-bond acceptors (Lipinski definition) is 4. The van der Waals surface area contributed by atoms with Crippen molar-refractivity contribution in [1.29, 1.82) is 0 Å². The van der Waals surface area contributed by atoms with Gasteiger partial charge >= 0.3 is 12.2 Å². The number of aromatic nitrogens is 2. The summed E-state index contributed by atoms with van der Waals surface area (Å²) in [7, 11) is 1.40. The number of piperidine rings is 1. The maximum atomic E-state index is 12.7. The van der Waals surface area contributed by atoms with Crippen LogP contribution in [0.5, 0.6) is 0 Å². The number of halogens is 3. The maximum absolute atomic E-state index is 12.7. The van der Waals surface area contributed by atoms with Gasteiger partial charge in [-0.3, -0.25) is 19.7 Å². The Balaban J connectivity index is 2.02. The van der Waals surface area contributed by atoms with Crippen LogP contribution in [0, 0.1) is 0 Å². The average Bonchev–Trinajstić information content (AvgIpc) is 3.04. The fraction of sp³-hybridized carbons (Fsp3) is 0.643. The van der Waals surface area contributed by atoms with Crippen molar-refractivity contribution in [3.63, 3.8) is 0 Å². The minimum Gasteiger partial charge on any atom is -0.341 e. The second-order valence-corrected chi connectivity index (χ2v) is 5.71. The van der Waals surface area contributed by atoms with Gasteiger partial charge in [0.2, 0.25) is 5.91 Å². The molecule has 0 aromatic carbocycles. The smallest absolute Gasteiger partial charge is 0.341 e. The molecule has 2 rings (SSSR count). The lowest BCUT2D eigenvalue weighted by atomic mass is 10.0. The third-order valence-electron chi connectivity index (χ3n) is 4.09. The molecule has 0 radical (unpaired) electrons. The van der Waals surface area contributed by atoms with Gasteiger partial charge < -0.3 is 5.32 Å². The number of urea groups is 1. The summed E-state index contributed by atoms with van der Waals surface area (Å²) in [5, 5.41) is 8.10. The van der Waals surface area contributed by atoms with Crippen LogP contribution < -0.4 is 10.6 Å². The molecule has 7 nitrogen and oxygen atoms in total. The van der Waals surface area contributed by atoms with Crippen LogP contribution >= 0.6 is 0 Å². The molecule has 3 amide bonds. The molecule has 0 aliphatic carbocycles. The van der Waals surface area contributed by atoms with Crippen molar-refractivity contribution < 1.29 is 22.8 Å². The predicted molar refractivity (Wildman–Crippen MR) is 79.1 cm³/mol. The Labute approximate surface area is 137 Å². The summed E-state index contributed by atoms with van der Waals surface area (Å²) in [6.07, 6.45) is -1.75. The lowest BCUT2D eigenvalue weighted by molar-refractivity contribution is -0.141. The Morgan fingerprint density at radius 3 is 2.71 bits per heavy atom. The zero-order valence-electron chi connectivity index (χ0n) is 13.4. The van der Waals surface area contributed by atoms with Crippen LogP contribution in [-0.4, -0.2) is 52.8 Å². The molecule has 134 valence electrons. The summed E-state index contributed by atoms with van der Waals surface area (Å²) < 4.78 is 39.3. The van der Waals surface area contributed by atoms with E-state index in [2.05, 4.69) is 15.7 Å². The number of amides is 3. The first-order valence-electron chi connectivity index (χ1n) is 7.61.